The number of nitrogens with zero attached hydrogens (tertiary/aromatic N) is 4. The van der Waals surface area contributed by atoms with Crippen LogP contribution in [0, 0.1) is 0 Å². The number of hydrogen-bond donors (Lipinski definition) is 0. The molecule has 2 heterocycles. The zero-order valence-electron chi connectivity index (χ0n) is 17.3. The van der Waals surface area contributed by atoms with Gasteiger partial charge in [0, 0.05) is 42.2 Å². The topological polar surface area (TPSA) is 41.5 Å². The molecule has 156 valence electrons. The maximum atomic E-state index is 6.07. The van der Waals surface area contributed by atoms with Crippen LogP contribution in [0.2, 0.25) is 5.02 Å². The fraction of sp³-hybridized carbons (Fsp3) is 0.200. The first-order chi connectivity index (χ1) is 15.2. The summed E-state index contributed by atoms with van der Waals surface area (Å²) in [7, 11) is 1.72. The second-order valence-corrected chi connectivity index (χ2v) is 7.98. The zero-order valence-corrected chi connectivity index (χ0v) is 18.1. The van der Waals surface area contributed by atoms with Crippen LogP contribution in [0.25, 0.3) is 22.3 Å². The number of piperazine rings is 1. The van der Waals surface area contributed by atoms with Crippen molar-refractivity contribution < 1.29 is 4.74 Å². The lowest BCUT2D eigenvalue weighted by molar-refractivity contribution is 0.413. The van der Waals surface area contributed by atoms with E-state index in [-0.39, 0.29) is 0 Å². The van der Waals surface area contributed by atoms with Gasteiger partial charge in [0.05, 0.1) is 18.3 Å². The molecule has 0 saturated carbocycles. The Balaban J connectivity index is 1.47. The summed E-state index contributed by atoms with van der Waals surface area (Å²) >= 11 is 6.07. The average Bonchev–Trinajstić information content (AvgIpc) is 2.84. The SMILES string of the molecule is COc1ccccc1N1CCN(c2nc(-c3ccc(Cl)cc3)nc3ccccc23)CC1. The first-order valence-electron chi connectivity index (χ1n) is 10.4. The second kappa shape index (κ2) is 8.44. The minimum absolute atomic E-state index is 0.706. The second-order valence-electron chi connectivity index (χ2n) is 7.54. The van der Waals surface area contributed by atoms with Gasteiger partial charge in [-0.25, -0.2) is 9.97 Å². The van der Waals surface area contributed by atoms with E-state index in [1.165, 1.54) is 0 Å². The molecular formula is C25H23ClN4O. The van der Waals surface area contributed by atoms with Crippen LogP contribution in [-0.2, 0) is 0 Å². The molecule has 31 heavy (non-hydrogen) atoms. The molecule has 1 aromatic heterocycles. The number of hydrogen-bond acceptors (Lipinski definition) is 5. The van der Waals surface area contributed by atoms with Crippen molar-refractivity contribution in [1.29, 1.82) is 0 Å². The van der Waals surface area contributed by atoms with Crippen molar-refractivity contribution in [3.8, 4) is 17.1 Å². The Morgan fingerprint density at radius 3 is 2.23 bits per heavy atom. The predicted molar refractivity (Wildman–Crippen MR) is 127 cm³/mol. The number of aromatic nitrogens is 2. The van der Waals surface area contributed by atoms with Gasteiger partial charge in [-0.2, -0.15) is 0 Å². The summed E-state index contributed by atoms with van der Waals surface area (Å²) in [5.74, 6) is 2.61. The third-order valence-corrected chi connectivity index (χ3v) is 5.94. The van der Waals surface area contributed by atoms with Crippen molar-refractivity contribution in [3.63, 3.8) is 0 Å². The van der Waals surface area contributed by atoms with Gasteiger partial charge in [-0.05, 0) is 48.5 Å². The van der Waals surface area contributed by atoms with Crippen molar-refractivity contribution in [2.24, 2.45) is 0 Å². The van der Waals surface area contributed by atoms with Crippen LogP contribution in [0.15, 0.2) is 72.8 Å². The van der Waals surface area contributed by atoms with Gasteiger partial charge in [0.25, 0.3) is 0 Å². The number of fused-ring (bicyclic) bond motifs is 1. The van der Waals surface area contributed by atoms with Gasteiger partial charge in [0.15, 0.2) is 5.82 Å². The molecule has 1 fully saturated rings. The van der Waals surface area contributed by atoms with Crippen LogP contribution < -0.4 is 14.5 Å². The summed E-state index contributed by atoms with van der Waals surface area (Å²) in [4.78, 5) is 14.5. The van der Waals surface area contributed by atoms with Crippen molar-refractivity contribution in [1.82, 2.24) is 9.97 Å². The summed E-state index contributed by atoms with van der Waals surface area (Å²) in [6.07, 6.45) is 0. The van der Waals surface area contributed by atoms with E-state index in [1.807, 2.05) is 54.6 Å². The molecule has 1 saturated heterocycles. The zero-order chi connectivity index (χ0) is 21.2. The Bertz CT molecular complexity index is 1200. The van der Waals surface area contributed by atoms with E-state index in [0.717, 1.165) is 65.7 Å². The monoisotopic (exact) mass is 430 g/mol. The number of rotatable bonds is 4. The van der Waals surface area contributed by atoms with E-state index in [0.29, 0.717) is 5.02 Å². The summed E-state index contributed by atoms with van der Waals surface area (Å²) in [6, 6.07) is 24.1. The highest BCUT2D eigenvalue weighted by Gasteiger charge is 2.22. The Hall–Kier alpha value is -3.31. The highest BCUT2D eigenvalue weighted by Crippen LogP contribution is 2.32. The van der Waals surface area contributed by atoms with Gasteiger partial charge in [-0.15, -0.1) is 0 Å². The van der Waals surface area contributed by atoms with Crippen molar-refractivity contribution >= 4 is 34.0 Å². The van der Waals surface area contributed by atoms with Crippen molar-refractivity contribution in [2.75, 3.05) is 43.1 Å². The minimum atomic E-state index is 0.706. The highest BCUT2D eigenvalue weighted by molar-refractivity contribution is 6.30. The molecule has 4 aromatic rings. The van der Waals surface area contributed by atoms with E-state index >= 15 is 0 Å². The van der Waals surface area contributed by atoms with Gasteiger partial charge < -0.3 is 14.5 Å². The highest BCUT2D eigenvalue weighted by atomic mass is 35.5. The van der Waals surface area contributed by atoms with E-state index in [1.54, 1.807) is 7.11 Å². The minimum Gasteiger partial charge on any atom is -0.495 e. The number of anilines is 2. The van der Waals surface area contributed by atoms with Crippen LogP contribution >= 0.6 is 11.6 Å². The average molecular weight is 431 g/mol. The molecular weight excluding hydrogens is 408 g/mol. The van der Waals surface area contributed by atoms with Gasteiger partial charge in [0.1, 0.15) is 11.6 Å². The molecule has 0 spiro atoms. The molecule has 3 aromatic carbocycles. The molecule has 0 amide bonds. The molecule has 5 rings (SSSR count). The van der Waals surface area contributed by atoms with Gasteiger partial charge in [-0.1, -0.05) is 35.9 Å². The Morgan fingerprint density at radius 1 is 0.774 bits per heavy atom. The Morgan fingerprint density at radius 2 is 1.45 bits per heavy atom. The van der Waals surface area contributed by atoms with Crippen molar-refractivity contribution in [2.45, 2.75) is 0 Å². The number of benzene rings is 3. The van der Waals surface area contributed by atoms with Crippen LogP contribution in [0.4, 0.5) is 11.5 Å². The normalized spacial score (nSPS) is 14.1. The molecule has 0 bridgehead atoms. The molecule has 0 aliphatic carbocycles. The molecule has 1 aliphatic heterocycles. The lowest BCUT2D eigenvalue weighted by Gasteiger charge is -2.37. The number of ether oxygens (including phenoxy) is 1. The molecule has 1 aliphatic rings. The third kappa shape index (κ3) is 3.89. The first-order valence-corrected chi connectivity index (χ1v) is 10.8. The maximum Gasteiger partial charge on any atom is 0.162 e. The van der Waals surface area contributed by atoms with Crippen molar-refractivity contribution in [3.05, 3.63) is 77.8 Å². The summed E-state index contributed by atoms with van der Waals surface area (Å²) in [5.41, 5.74) is 3.05. The number of halogens is 1. The quantitative estimate of drug-likeness (QED) is 0.440. The Kier molecular flexibility index (Phi) is 5.35. The van der Waals surface area contributed by atoms with Gasteiger partial charge in [0.2, 0.25) is 0 Å². The summed E-state index contributed by atoms with van der Waals surface area (Å²) in [5, 5.41) is 1.78. The van der Waals surface area contributed by atoms with E-state index in [2.05, 4.69) is 28.0 Å². The van der Waals surface area contributed by atoms with Gasteiger partial charge in [-0.3, -0.25) is 0 Å². The maximum absolute atomic E-state index is 6.07. The molecule has 5 nitrogen and oxygen atoms in total. The summed E-state index contributed by atoms with van der Waals surface area (Å²) in [6.45, 7) is 3.54. The standard InChI is InChI=1S/C25H23ClN4O/c1-31-23-9-5-4-8-22(23)29-14-16-30(17-15-29)25-20-6-2-3-7-21(20)27-24(28-25)18-10-12-19(26)13-11-18/h2-13H,14-17H2,1H3. The number of methoxy groups -OCH3 is 1. The van der Waals surface area contributed by atoms with Crippen LogP contribution in [-0.4, -0.2) is 43.3 Å². The lowest BCUT2D eigenvalue weighted by Crippen LogP contribution is -2.47. The fourth-order valence-electron chi connectivity index (χ4n) is 4.08. The summed E-state index contributed by atoms with van der Waals surface area (Å²) < 4.78 is 5.56. The van der Waals surface area contributed by atoms with E-state index < -0.39 is 0 Å². The predicted octanol–water partition coefficient (Wildman–Crippen LogP) is 5.29. The lowest BCUT2D eigenvalue weighted by atomic mass is 10.1. The third-order valence-electron chi connectivity index (χ3n) is 5.69. The molecule has 0 atom stereocenters. The fourth-order valence-corrected chi connectivity index (χ4v) is 4.21. The smallest absolute Gasteiger partial charge is 0.162 e. The van der Waals surface area contributed by atoms with Crippen LogP contribution in [0.1, 0.15) is 0 Å². The molecule has 6 heteroatoms. The Labute approximate surface area is 186 Å². The number of para-hydroxylation sites is 3. The van der Waals surface area contributed by atoms with Crippen LogP contribution in [0.3, 0.4) is 0 Å². The van der Waals surface area contributed by atoms with E-state index in [4.69, 9.17) is 26.3 Å². The molecule has 0 radical (unpaired) electrons. The first kappa shape index (κ1) is 19.6. The van der Waals surface area contributed by atoms with Crippen LogP contribution in [0.5, 0.6) is 5.75 Å². The molecule has 0 N–H and O–H groups in total. The van der Waals surface area contributed by atoms with Gasteiger partial charge >= 0.3 is 0 Å². The molecule has 0 unspecified atom stereocenters. The van der Waals surface area contributed by atoms with E-state index in [9.17, 15) is 0 Å². The largest absolute Gasteiger partial charge is 0.495 e.